The van der Waals surface area contributed by atoms with E-state index in [1.54, 1.807) is 76.2 Å². The minimum atomic E-state index is -1.89. The summed E-state index contributed by atoms with van der Waals surface area (Å²) in [5.41, 5.74) is -3.59. The summed E-state index contributed by atoms with van der Waals surface area (Å²) in [4.78, 5) is 46.8. The summed E-state index contributed by atoms with van der Waals surface area (Å²) in [6, 6.07) is 12.6. The van der Waals surface area contributed by atoms with Gasteiger partial charge in [0.1, 0.15) is 17.8 Å². The number of amides is 2. The highest BCUT2D eigenvalue weighted by Gasteiger charge is 2.62. The SMILES string of the molecule is CC(C)[C@]1(O)NC(=O)[C@H](C[C@]2(O)c3ccccc3N3C(=O)C(C)(C)N[C@@H]32)n2c1nc1ccccc1c2=O. The first-order chi connectivity index (χ1) is 17.4. The predicted octanol–water partition coefficient (Wildman–Crippen LogP) is 1.20. The van der Waals surface area contributed by atoms with Crippen LogP contribution in [0.3, 0.4) is 0 Å². The summed E-state index contributed by atoms with van der Waals surface area (Å²) in [6.45, 7) is 6.92. The topological polar surface area (TPSA) is 137 Å². The second-order valence-electron chi connectivity index (χ2n) is 11.0. The maximum absolute atomic E-state index is 13.8. The van der Waals surface area contributed by atoms with Crippen LogP contribution in [0.2, 0.25) is 0 Å². The molecule has 3 aliphatic rings. The number of rotatable bonds is 3. The molecule has 0 unspecified atom stereocenters. The van der Waals surface area contributed by atoms with Crippen molar-refractivity contribution in [2.24, 2.45) is 5.92 Å². The highest BCUT2D eigenvalue weighted by Crippen LogP contribution is 2.51. The number of hydrogen-bond donors (Lipinski definition) is 4. The average molecular weight is 504 g/mol. The van der Waals surface area contributed by atoms with Crippen LogP contribution >= 0.6 is 0 Å². The van der Waals surface area contributed by atoms with Crippen LogP contribution in [0.1, 0.15) is 51.5 Å². The molecule has 0 radical (unpaired) electrons. The molecule has 4 atom stereocenters. The second-order valence-corrected chi connectivity index (χ2v) is 11.0. The van der Waals surface area contributed by atoms with Crippen molar-refractivity contribution in [3.63, 3.8) is 0 Å². The standard InChI is InChI=1S/C27H29N5O5/c1-14(2)27(37)23-28-17-11-7-5-9-15(17)21(34)31(23)19(20(33)29-27)13-26(36)16-10-6-8-12-18(16)32-22(26)30-25(3,4)24(32)35/h5-12,14,19,22,30,36-37H,13H2,1-4H3,(H,29,33)/t19-,22-,26-,27+/m0/s1. The van der Waals surface area contributed by atoms with Crippen LogP contribution in [-0.4, -0.2) is 43.3 Å². The lowest BCUT2D eigenvalue weighted by Crippen LogP contribution is -2.62. The minimum absolute atomic E-state index is 0.0123. The lowest BCUT2D eigenvalue weighted by molar-refractivity contribution is -0.147. The van der Waals surface area contributed by atoms with E-state index < -0.39 is 46.5 Å². The fourth-order valence-corrected chi connectivity index (χ4v) is 5.92. The van der Waals surface area contributed by atoms with Gasteiger partial charge in [0.05, 0.1) is 22.1 Å². The van der Waals surface area contributed by atoms with E-state index >= 15 is 0 Å². The zero-order valence-corrected chi connectivity index (χ0v) is 21.0. The molecule has 4 N–H and O–H groups in total. The third kappa shape index (κ3) is 3.03. The molecule has 1 saturated heterocycles. The molecule has 0 bridgehead atoms. The van der Waals surface area contributed by atoms with Gasteiger partial charge in [0.2, 0.25) is 11.8 Å². The highest BCUT2D eigenvalue weighted by atomic mass is 16.3. The summed E-state index contributed by atoms with van der Waals surface area (Å²) in [5, 5.41) is 30.0. The molecule has 3 aromatic rings. The van der Waals surface area contributed by atoms with Crippen LogP contribution in [0, 0.1) is 5.92 Å². The number of fused-ring (bicyclic) bond motifs is 5. The monoisotopic (exact) mass is 503 g/mol. The Morgan fingerprint density at radius 1 is 1.03 bits per heavy atom. The van der Waals surface area contributed by atoms with E-state index in [9.17, 15) is 24.6 Å². The van der Waals surface area contributed by atoms with Gasteiger partial charge in [-0.2, -0.15) is 0 Å². The Kier molecular flexibility index (Phi) is 4.80. The number of anilines is 1. The number of para-hydroxylation sites is 2. The first-order valence-corrected chi connectivity index (χ1v) is 12.4. The molecule has 2 aromatic carbocycles. The summed E-state index contributed by atoms with van der Waals surface area (Å²) in [7, 11) is 0. The normalized spacial score (nSPS) is 29.9. The fraction of sp³-hybridized carbons (Fsp3) is 0.407. The Bertz CT molecular complexity index is 1550. The third-order valence-corrected chi connectivity index (χ3v) is 8.01. The van der Waals surface area contributed by atoms with Crippen molar-refractivity contribution in [2.75, 3.05) is 4.90 Å². The van der Waals surface area contributed by atoms with Gasteiger partial charge >= 0.3 is 0 Å². The van der Waals surface area contributed by atoms with E-state index in [1.807, 2.05) is 0 Å². The van der Waals surface area contributed by atoms with E-state index in [0.29, 0.717) is 22.2 Å². The molecular weight excluding hydrogens is 474 g/mol. The molecule has 1 aromatic heterocycles. The van der Waals surface area contributed by atoms with E-state index in [4.69, 9.17) is 0 Å². The van der Waals surface area contributed by atoms with Gasteiger partial charge in [0, 0.05) is 17.9 Å². The molecule has 192 valence electrons. The van der Waals surface area contributed by atoms with E-state index in [-0.39, 0.29) is 18.2 Å². The number of carbonyl (C=O) groups excluding carboxylic acids is 2. The van der Waals surface area contributed by atoms with E-state index in [2.05, 4.69) is 15.6 Å². The molecule has 4 heterocycles. The molecule has 0 saturated carbocycles. The number of hydrogen-bond acceptors (Lipinski definition) is 7. The van der Waals surface area contributed by atoms with Crippen molar-refractivity contribution in [3.05, 3.63) is 70.3 Å². The molecule has 10 nitrogen and oxygen atoms in total. The van der Waals surface area contributed by atoms with Crippen LogP contribution in [0.4, 0.5) is 5.69 Å². The number of carbonyl (C=O) groups is 2. The lowest BCUT2D eigenvalue weighted by Gasteiger charge is -2.43. The van der Waals surface area contributed by atoms with Crippen molar-refractivity contribution in [3.8, 4) is 0 Å². The van der Waals surface area contributed by atoms with Crippen LogP contribution in [0.15, 0.2) is 53.3 Å². The molecule has 0 spiro atoms. The van der Waals surface area contributed by atoms with Gasteiger partial charge in [-0.25, -0.2) is 4.98 Å². The van der Waals surface area contributed by atoms with Gasteiger partial charge in [-0.1, -0.05) is 44.2 Å². The second kappa shape index (κ2) is 7.47. The van der Waals surface area contributed by atoms with Crippen molar-refractivity contribution in [1.29, 1.82) is 0 Å². The molecular formula is C27H29N5O5. The van der Waals surface area contributed by atoms with Crippen LogP contribution in [-0.2, 0) is 20.9 Å². The third-order valence-electron chi connectivity index (χ3n) is 8.01. The smallest absolute Gasteiger partial charge is 0.262 e. The summed E-state index contributed by atoms with van der Waals surface area (Å²) < 4.78 is 1.21. The molecule has 2 amide bonds. The lowest BCUT2D eigenvalue weighted by atomic mass is 9.84. The van der Waals surface area contributed by atoms with Gasteiger partial charge in [-0.3, -0.25) is 29.2 Å². The highest BCUT2D eigenvalue weighted by molar-refractivity contribution is 6.05. The van der Waals surface area contributed by atoms with Crippen molar-refractivity contribution in [1.82, 2.24) is 20.2 Å². The van der Waals surface area contributed by atoms with Crippen molar-refractivity contribution in [2.45, 2.75) is 63.2 Å². The van der Waals surface area contributed by atoms with Gasteiger partial charge < -0.3 is 15.5 Å². The predicted molar refractivity (Wildman–Crippen MR) is 135 cm³/mol. The largest absolute Gasteiger partial charge is 0.381 e. The summed E-state index contributed by atoms with van der Waals surface area (Å²) in [5.74, 6) is -1.31. The fourth-order valence-electron chi connectivity index (χ4n) is 5.92. The number of benzene rings is 2. The molecule has 0 aliphatic carbocycles. The molecule has 3 aliphatic heterocycles. The Morgan fingerprint density at radius 3 is 2.43 bits per heavy atom. The molecule has 1 fully saturated rings. The Balaban J connectivity index is 1.56. The van der Waals surface area contributed by atoms with Crippen LogP contribution < -0.4 is 21.1 Å². The first kappa shape index (κ1) is 23.8. The number of aromatic nitrogens is 2. The number of aliphatic hydroxyl groups is 2. The number of nitrogens with zero attached hydrogens (tertiary/aromatic N) is 3. The molecule has 37 heavy (non-hydrogen) atoms. The van der Waals surface area contributed by atoms with Gasteiger partial charge in [-0.05, 0) is 32.0 Å². The summed E-state index contributed by atoms with van der Waals surface area (Å²) in [6.07, 6.45) is -1.08. The van der Waals surface area contributed by atoms with Gasteiger partial charge in [0.15, 0.2) is 11.5 Å². The Morgan fingerprint density at radius 2 is 1.70 bits per heavy atom. The Hall–Kier alpha value is -3.60. The van der Waals surface area contributed by atoms with E-state index in [0.717, 1.165) is 0 Å². The van der Waals surface area contributed by atoms with Gasteiger partial charge in [-0.15, -0.1) is 0 Å². The quantitative estimate of drug-likeness (QED) is 0.422. The van der Waals surface area contributed by atoms with Crippen molar-refractivity contribution >= 4 is 28.4 Å². The maximum atomic E-state index is 13.8. The van der Waals surface area contributed by atoms with Gasteiger partial charge in [0.25, 0.3) is 5.56 Å². The van der Waals surface area contributed by atoms with E-state index in [1.165, 1.54) is 9.47 Å². The summed E-state index contributed by atoms with van der Waals surface area (Å²) >= 11 is 0. The van der Waals surface area contributed by atoms with Crippen molar-refractivity contribution < 1.29 is 19.8 Å². The van der Waals surface area contributed by atoms with Crippen LogP contribution in [0.5, 0.6) is 0 Å². The van der Waals surface area contributed by atoms with Crippen LogP contribution in [0.25, 0.3) is 10.9 Å². The minimum Gasteiger partial charge on any atom is -0.381 e. The molecule has 6 rings (SSSR count). The first-order valence-electron chi connectivity index (χ1n) is 12.4. The average Bonchev–Trinajstić information content (AvgIpc) is 3.24. The Labute approximate surface area is 212 Å². The zero-order valence-electron chi connectivity index (χ0n) is 21.0. The zero-order chi connectivity index (χ0) is 26.5. The molecule has 10 heteroatoms. The maximum Gasteiger partial charge on any atom is 0.262 e. The number of nitrogens with one attached hydrogen (secondary N) is 2.